The first-order chi connectivity index (χ1) is 16.2. The van der Waals surface area contributed by atoms with E-state index in [1.165, 1.54) is 5.69 Å². The summed E-state index contributed by atoms with van der Waals surface area (Å²) in [5.74, 6) is 0.809. The molecule has 3 saturated heterocycles. The second-order valence-electron chi connectivity index (χ2n) is 9.52. The van der Waals surface area contributed by atoms with E-state index in [-0.39, 0.29) is 18.1 Å². The number of amides is 1. The Balaban J connectivity index is 1.10. The molecule has 176 valence electrons. The normalized spacial score (nSPS) is 23.5. The molecule has 0 bridgehead atoms. The number of ether oxygens (including phenoxy) is 2. The van der Waals surface area contributed by atoms with E-state index in [0.29, 0.717) is 6.04 Å². The largest absolute Gasteiger partial charge is 0.484 e. The van der Waals surface area contributed by atoms with Crippen molar-refractivity contribution in [2.24, 2.45) is 0 Å². The van der Waals surface area contributed by atoms with Crippen LogP contribution in [0.1, 0.15) is 25.7 Å². The van der Waals surface area contributed by atoms with Gasteiger partial charge in [0, 0.05) is 57.6 Å². The summed E-state index contributed by atoms with van der Waals surface area (Å²) < 4.78 is 12.0. The SMILES string of the molecule is O=C(COc1ccccc1)N1CCC2(CC1)CC(N1CCN(c3ccccc3)CC1)CCO2. The molecule has 1 unspecified atom stereocenters. The van der Waals surface area contributed by atoms with Crippen LogP contribution >= 0.6 is 0 Å². The van der Waals surface area contributed by atoms with Crippen molar-refractivity contribution in [3.63, 3.8) is 0 Å². The first kappa shape index (κ1) is 22.2. The van der Waals surface area contributed by atoms with Crippen LogP contribution in [0.5, 0.6) is 5.75 Å². The van der Waals surface area contributed by atoms with Crippen molar-refractivity contribution in [2.75, 3.05) is 57.4 Å². The van der Waals surface area contributed by atoms with Crippen LogP contribution in [0.3, 0.4) is 0 Å². The molecule has 2 aromatic carbocycles. The van der Waals surface area contributed by atoms with Crippen LogP contribution in [-0.4, -0.2) is 79.8 Å². The average Bonchev–Trinajstić information content (AvgIpc) is 2.89. The molecule has 1 amide bonds. The molecule has 1 atom stereocenters. The number of piperidine rings is 1. The topological polar surface area (TPSA) is 45.2 Å². The molecule has 33 heavy (non-hydrogen) atoms. The van der Waals surface area contributed by atoms with Crippen LogP contribution < -0.4 is 9.64 Å². The zero-order valence-electron chi connectivity index (χ0n) is 19.4. The molecule has 3 fully saturated rings. The zero-order valence-corrected chi connectivity index (χ0v) is 19.4. The Bertz CT molecular complexity index is 891. The monoisotopic (exact) mass is 449 g/mol. The maximum atomic E-state index is 12.6. The minimum atomic E-state index is -0.0729. The maximum Gasteiger partial charge on any atom is 0.260 e. The van der Waals surface area contributed by atoms with E-state index < -0.39 is 0 Å². The number of benzene rings is 2. The van der Waals surface area contributed by atoms with Gasteiger partial charge in [-0.1, -0.05) is 36.4 Å². The number of carbonyl (C=O) groups is 1. The number of nitrogens with zero attached hydrogens (tertiary/aromatic N) is 3. The molecular weight excluding hydrogens is 414 g/mol. The molecular formula is C27H35N3O3. The minimum Gasteiger partial charge on any atom is -0.484 e. The van der Waals surface area contributed by atoms with Crippen LogP contribution in [0.2, 0.25) is 0 Å². The van der Waals surface area contributed by atoms with Crippen LogP contribution in [-0.2, 0) is 9.53 Å². The highest BCUT2D eigenvalue weighted by atomic mass is 16.5. The van der Waals surface area contributed by atoms with Crippen LogP contribution in [0.15, 0.2) is 60.7 Å². The second kappa shape index (κ2) is 10.1. The molecule has 0 aliphatic carbocycles. The van der Waals surface area contributed by atoms with E-state index in [2.05, 4.69) is 40.1 Å². The predicted octanol–water partition coefficient (Wildman–Crippen LogP) is 3.43. The van der Waals surface area contributed by atoms with E-state index in [1.54, 1.807) is 0 Å². The number of hydrogen-bond donors (Lipinski definition) is 0. The Hall–Kier alpha value is -2.57. The number of hydrogen-bond acceptors (Lipinski definition) is 5. The van der Waals surface area contributed by atoms with Gasteiger partial charge in [-0.3, -0.25) is 9.69 Å². The van der Waals surface area contributed by atoms with Gasteiger partial charge in [-0.15, -0.1) is 0 Å². The van der Waals surface area contributed by atoms with Crippen molar-refractivity contribution in [2.45, 2.75) is 37.3 Å². The Labute approximate surface area is 197 Å². The summed E-state index contributed by atoms with van der Waals surface area (Å²) in [6, 6.07) is 20.9. The van der Waals surface area contributed by atoms with E-state index >= 15 is 0 Å². The first-order valence-corrected chi connectivity index (χ1v) is 12.3. The lowest BCUT2D eigenvalue weighted by atomic mass is 9.81. The van der Waals surface area contributed by atoms with Gasteiger partial charge < -0.3 is 19.3 Å². The molecule has 3 aliphatic rings. The van der Waals surface area contributed by atoms with Crippen LogP contribution in [0.25, 0.3) is 0 Å². The van der Waals surface area contributed by atoms with Gasteiger partial charge in [0.2, 0.25) is 0 Å². The fourth-order valence-corrected chi connectivity index (χ4v) is 5.56. The van der Waals surface area contributed by atoms with E-state index in [9.17, 15) is 4.79 Å². The highest BCUT2D eigenvalue weighted by Crippen LogP contribution is 2.37. The van der Waals surface area contributed by atoms with E-state index in [1.807, 2.05) is 35.2 Å². The summed E-state index contributed by atoms with van der Waals surface area (Å²) in [7, 11) is 0. The number of carbonyl (C=O) groups excluding carboxylic acids is 1. The molecule has 0 saturated carbocycles. The van der Waals surface area contributed by atoms with Crippen molar-refractivity contribution in [1.29, 1.82) is 0 Å². The van der Waals surface area contributed by atoms with Crippen molar-refractivity contribution >= 4 is 11.6 Å². The lowest BCUT2D eigenvalue weighted by Gasteiger charge is -2.49. The fraction of sp³-hybridized carbons (Fsp3) is 0.519. The Morgan fingerprint density at radius 1 is 0.909 bits per heavy atom. The summed E-state index contributed by atoms with van der Waals surface area (Å²) in [6.45, 7) is 6.82. The quantitative estimate of drug-likeness (QED) is 0.700. The third-order valence-electron chi connectivity index (χ3n) is 7.55. The lowest BCUT2D eigenvalue weighted by molar-refractivity contribution is -0.150. The second-order valence-corrected chi connectivity index (χ2v) is 9.52. The van der Waals surface area contributed by atoms with Gasteiger partial charge in [0.1, 0.15) is 5.75 Å². The zero-order chi connectivity index (χ0) is 22.5. The Kier molecular flexibility index (Phi) is 6.83. The van der Waals surface area contributed by atoms with Crippen LogP contribution in [0, 0.1) is 0 Å². The summed E-state index contributed by atoms with van der Waals surface area (Å²) in [6.07, 6.45) is 4.04. The number of likely N-dealkylation sites (tertiary alicyclic amines) is 1. The van der Waals surface area contributed by atoms with Gasteiger partial charge in [-0.25, -0.2) is 0 Å². The predicted molar refractivity (Wildman–Crippen MR) is 130 cm³/mol. The number of piperazine rings is 1. The summed E-state index contributed by atoms with van der Waals surface area (Å²) in [5.41, 5.74) is 1.25. The summed E-state index contributed by atoms with van der Waals surface area (Å²) >= 11 is 0. The minimum absolute atomic E-state index is 0.0677. The molecule has 0 radical (unpaired) electrons. The van der Waals surface area contributed by atoms with Gasteiger partial charge in [0.25, 0.3) is 5.91 Å². The third kappa shape index (κ3) is 5.33. The molecule has 1 spiro atoms. The molecule has 5 rings (SSSR count). The molecule has 0 N–H and O–H groups in total. The molecule has 6 nitrogen and oxygen atoms in total. The van der Waals surface area contributed by atoms with Gasteiger partial charge in [0.15, 0.2) is 6.61 Å². The molecule has 3 heterocycles. The van der Waals surface area contributed by atoms with Crippen molar-refractivity contribution in [3.05, 3.63) is 60.7 Å². The highest BCUT2D eigenvalue weighted by Gasteiger charge is 2.43. The van der Waals surface area contributed by atoms with Gasteiger partial charge in [-0.05, 0) is 49.9 Å². The maximum absolute atomic E-state index is 12.6. The molecule has 6 heteroatoms. The van der Waals surface area contributed by atoms with Gasteiger partial charge in [-0.2, -0.15) is 0 Å². The van der Waals surface area contributed by atoms with E-state index in [0.717, 1.165) is 77.3 Å². The highest BCUT2D eigenvalue weighted by molar-refractivity contribution is 5.77. The van der Waals surface area contributed by atoms with Crippen molar-refractivity contribution in [3.8, 4) is 5.75 Å². The first-order valence-electron chi connectivity index (χ1n) is 12.3. The smallest absolute Gasteiger partial charge is 0.260 e. The molecule has 2 aromatic rings. The third-order valence-corrected chi connectivity index (χ3v) is 7.55. The van der Waals surface area contributed by atoms with Crippen LogP contribution in [0.4, 0.5) is 5.69 Å². The van der Waals surface area contributed by atoms with E-state index in [4.69, 9.17) is 9.47 Å². The Morgan fingerprint density at radius 3 is 2.27 bits per heavy atom. The van der Waals surface area contributed by atoms with Gasteiger partial charge in [0.05, 0.1) is 5.60 Å². The fourth-order valence-electron chi connectivity index (χ4n) is 5.56. The van der Waals surface area contributed by atoms with Crippen molar-refractivity contribution < 1.29 is 14.3 Å². The summed E-state index contributed by atoms with van der Waals surface area (Å²) in [5, 5.41) is 0. The van der Waals surface area contributed by atoms with Gasteiger partial charge >= 0.3 is 0 Å². The number of rotatable bonds is 5. The summed E-state index contributed by atoms with van der Waals surface area (Å²) in [4.78, 5) is 19.8. The lowest BCUT2D eigenvalue weighted by Crippen LogP contribution is -2.57. The average molecular weight is 450 g/mol. The number of anilines is 1. The standard InChI is InChI=1S/C27H35N3O3/c31-26(22-32-25-9-5-2-6-10-25)30-14-12-27(13-15-30)21-24(11-20-33-27)29-18-16-28(17-19-29)23-7-3-1-4-8-23/h1-10,24H,11-22H2. The molecule has 3 aliphatic heterocycles. The molecule has 0 aromatic heterocycles. The van der Waals surface area contributed by atoms with Crippen molar-refractivity contribution in [1.82, 2.24) is 9.80 Å². The number of para-hydroxylation sites is 2. The Morgan fingerprint density at radius 2 is 1.58 bits per heavy atom.